The van der Waals surface area contributed by atoms with Crippen LogP contribution in [0, 0.1) is 0 Å². The van der Waals surface area contributed by atoms with Gasteiger partial charge in [-0.2, -0.15) is 0 Å². The summed E-state index contributed by atoms with van der Waals surface area (Å²) in [7, 11) is 3.42. The molecule has 0 aliphatic carbocycles. The van der Waals surface area contributed by atoms with E-state index in [1.54, 1.807) is 0 Å². The van der Waals surface area contributed by atoms with Gasteiger partial charge >= 0.3 is 5.97 Å². The van der Waals surface area contributed by atoms with E-state index in [4.69, 9.17) is 0 Å². The molecular formula is C12H23N3O3. The van der Waals surface area contributed by atoms with Crippen LogP contribution >= 0.6 is 0 Å². The highest BCUT2D eigenvalue weighted by Crippen LogP contribution is 2.13. The van der Waals surface area contributed by atoms with Crippen LogP contribution in [0.25, 0.3) is 0 Å². The zero-order valence-electron chi connectivity index (χ0n) is 11.4. The van der Waals surface area contributed by atoms with Gasteiger partial charge in [0.15, 0.2) is 0 Å². The van der Waals surface area contributed by atoms with E-state index < -0.39 is 12.0 Å². The highest BCUT2D eigenvalue weighted by Gasteiger charge is 2.23. The summed E-state index contributed by atoms with van der Waals surface area (Å²) in [6, 6.07) is -0.0974. The van der Waals surface area contributed by atoms with E-state index in [1.807, 2.05) is 0 Å². The van der Waals surface area contributed by atoms with Gasteiger partial charge in [0.05, 0.1) is 7.11 Å². The van der Waals surface area contributed by atoms with Crippen LogP contribution in [-0.2, 0) is 14.3 Å². The molecule has 1 rings (SSSR count). The fourth-order valence-electron chi connectivity index (χ4n) is 2.21. The molecule has 0 aromatic rings. The normalized spacial score (nSPS) is 21.6. The van der Waals surface area contributed by atoms with Crippen LogP contribution < -0.4 is 10.6 Å². The van der Waals surface area contributed by atoms with E-state index in [-0.39, 0.29) is 5.91 Å². The highest BCUT2D eigenvalue weighted by molar-refractivity contribution is 5.83. The molecule has 0 aromatic carbocycles. The molecule has 0 radical (unpaired) electrons. The fourth-order valence-corrected chi connectivity index (χ4v) is 2.21. The molecule has 0 aromatic heterocycles. The topological polar surface area (TPSA) is 70.7 Å². The van der Waals surface area contributed by atoms with Crippen LogP contribution in [0.2, 0.25) is 0 Å². The van der Waals surface area contributed by atoms with Crippen molar-refractivity contribution in [3.8, 4) is 0 Å². The molecule has 6 nitrogen and oxygen atoms in total. The summed E-state index contributed by atoms with van der Waals surface area (Å²) in [5.41, 5.74) is 0. The zero-order valence-corrected chi connectivity index (χ0v) is 11.4. The van der Waals surface area contributed by atoms with E-state index in [0.29, 0.717) is 12.6 Å². The second-order valence-electron chi connectivity index (χ2n) is 4.71. The molecular weight excluding hydrogens is 234 g/mol. The first-order valence-corrected chi connectivity index (χ1v) is 6.30. The zero-order chi connectivity index (χ0) is 13.5. The Labute approximate surface area is 108 Å². The number of nitrogens with zero attached hydrogens (tertiary/aromatic N) is 1. The predicted molar refractivity (Wildman–Crippen MR) is 68.1 cm³/mol. The summed E-state index contributed by atoms with van der Waals surface area (Å²) >= 11 is 0. The quantitative estimate of drug-likeness (QED) is 0.619. The van der Waals surface area contributed by atoms with Gasteiger partial charge in [-0.25, -0.2) is 4.79 Å². The predicted octanol–water partition coefficient (Wildman–Crippen LogP) is -0.652. The molecule has 0 saturated carbocycles. The van der Waals surface area contributed by atoms with E-state index in [1.165, 1.54) is 26.9 Å². The smallest absolute Gasteiger partial charge is 0.329 e. The SMILES string of the molecule is COC(=O)C(CNCC1CCCN1C)NC(C)=O. The lowest BCUT2D eigenvalue weighted by molar-refractivity contribution is -0.144. The third-order valence-corrected chi connectivity index (χ3v) is 3.26. The van der Waals surface area contributed by atoms with Crippen molar-refractivity contribution in [1.29, 1.82) is 0 Å². The van der Waals surface area contributed by atoms with Crippen molar-refractivity contribution in [2.75, 3.05) is 33.8 Å². The number of carbonyl (C=O) groups excluding carboxylic acids is 2. The number of likely N-dealkylation sites (N-methyl/N-ethyl adjacent to an activating group) is 1. The Bertz CT molecular complexity index is 296. The van der Waals surface area contributed by atoms with Crippen LogP contribution in [0.5, 0.6) is 0 Å². The molecule has 1 amide bonds. The molecule has 0 spiro atoms. The van der Waals surface area contributed by atoms with Crippen molar-refractivity contribution in [3.63, 3.8) is 0 Å². The van der Waals surface area contributed by atoms with Crippen molar-refractivity contribution in [3.05, 3.63) is 0 Å². The average Bonchev–Trinajstić information content (AvgIpc) is 2.72. The maximum absolute atomic E-state index is 11.5. The summed E-state index contributed by atoms with van der Waals surface area (Å²) in [5, 5.41) is 5.80. The van der Waals surface area contributed by atoms with Gasteiger partial charge in [0.25, 0.3) is 0 Å². The lowest BCUT2D eigenvalue weighted by atomic mass is 10.2. The number of amides is 1. The van der Waals surface area contributed by atoms with Gasteiger partial charge in [0.1, 0.15) is 6.04 Å². The van der Waals surface area contributed by atoms with Crippen molar-refractivity contribution in [2.45, 2.75) is 31.8 Å². The average molecular weight is 257 g/mol. The van der Waals surface area contributed by atoms with E-state index in [9.17, 15) is 9.59 Å². The second kappa shape index (κ2) is 7.33. The second-order valence-corrected chi connectivity index (χ2v) is 4.71. The first-order chi connectivity index (χ1) is 8.54. The maximum atomic E-state index is 11.5. The lowest BCUT2D eigenvalue weighted by Gasteiger charge is -2.21. The first kappa shape index (κ1) is 14.9. The molecule has 18 heavy (non-hydrogen) atoms. The van der Waals surface area contributed by atoms with Gasteiger partial charge < -0.3 is 20.3 Å². The maximum Gasteiger partial charge on any atom is 0.329 e. The Kier molecular flexibility index (Phi) is 6.07. The fraction of sp³-hybridized carbons (Fsp3) is 0.833. The van der Waals surface area contributed by atoms with Gasteiger partial charge in [-0.05, 0) is 26.4 Å². The molecule has 1 aliphatic rings. The molecule has 1 aliphatic heterocycles. The van der Waals surface area contributed by atoms with Crippen molar-refractivity contribution in [1.82, 2.24) is 15.5 Å². The minimum Gasteiger partial charge on any atom is -0.467 e. The lowest BCUT2D eigenvalue weighted by Crippen LogP contribution is -2.49. The Balaban J connectivity index is 2.32. The van der Waals surface area contributed by atoms with E-state index in [0.717, 1.165) is 13.1 Å². The molecule has 6 heteroatoms. The molecule has 1 fully saturated rings. The van der Waals surface area contributed by atoms with Crippen molar-refractivity contribution >= 4 is 11.9 Å². The first-order valence-electron chi connectivity index (χ1n) is 6.30. The molecule has 0 bridgehead atoms. The van der Waals surface area contributed by atoms with Gasteiger partial charge in [0.2, 0.25) is 5.91 Å². The number of esters is 1. The Morgan fingerprint density at radius 1 is 1.50 bits per heavy atom. The molecule has 1 saturated heterocycles. The third-order valence-electron chi connectivity index (χ3n) is 3.26. The van der Waals surface area contributed by atoms with Crippen molar-refractivity contribution in [2.24, 2.45) is 0 Å². The standard InChI is InChI=1S/C12H23N3O3/c1-9(16)14-11(12(17)18-3)8-13-7-10-5-4-6-15(10)2/h10-11,13H,4-8H2,1-3H3,(H,14,16). The Morgan fingerprint density at radius 3 is 2.72 bits per heavy atom. The summed E-state index contributed by atoms with van der Waals surface area (Å²) in [5.74, 6) is -0.650. The summed E-state index contributed by atoms with van der Waals surface area (Å²) in [4.78, 5) is 24.7. The number of hydrogen-bond donors (Lipinski definition) is 2. The Hall–Kier alpha value is -1.14. The summed E-state index contributed by atoms with van der Waals surface area (Å²) < 4.78 is 4.65. The van der Waals surface area contributed by atoms with Gasteiger partial charge in [-0.3, -0.25) is 4.79 Å². The molecule has 2 atom stereocenters. The van der Waals surface area contributed by atoms with Crippen LogP contribution in [-0.4, -0.2) is 62.7 Å². The van der Waals surface area contributed by atoms with Crippen LogP contribution in [0.3, 0.4) is 0 Å². The van der Waals surface area contributed by atoms with E-state index >= 15 is 0 Å². The summed E-state index contributed by atoms with van der Waals surface area (Å²) in [6.45, 7) is 3.74. The number of methoxy groups -OCH3 is 1. The summed E-state index contributed by atoms with van der Waals surface area (Å²) in [6.07, 6.45) is 2.39. The minimum absolute atomic E-state index is 0.231. The number of nitrogens with one attached hydrogen (secondary N) is 2. The molecule has 1 heterocycles. The van der Waals surface area contributed by atoms with Gasteiger partial charge in [0, 0.05) is 26.1 Å². The van der Waals surface area contributed by atoms with E-state index in [2.05, 4.69) is 27.3 Å². The molecule has 104 valence electrons. The number of carbonyl (C=O) groups is 2. The number of likely N-dealkylation sites (tertiary alicyclic amines) is 1. The molecule has 2 N–H and O–H groups in total. The number of ether oxygens (including phenoxy) is 1. The monoisotopic (exact) mass is 257 g/mol. The number of rotatable bonds is 6. The van der Waals surface area contributed by atoms with Crippen LogP contribution in [0.1, 0.15) is 19.8 Å². The largest absolute Gasteiger partial charge is 0.467 e. The van der Waals surface area contributed by atoms with Gasteiger partial charge in [-0.1, -0.05) is 0 Å². The van der Waals surface area contributed by atoms with Crippen molar-refractivity contribution < 1.29 is 14.3 Å². The van der Waals surface area contributed by atoms with Crippen LogP contribution in [0.4, 0.5) is 0 Å². The minimum atomic E-state index is -0.612. The number of hydrogen-bond acceptors (Lipinski definition) is 5. The van der Waals surface area contributed by atoms with Gasteiger partial charge in [-0.15, -0.1) is 0 Å². The molecule has 2 unspecified atom stereocenters. The third kappa shape index (κ3) is 4.62. The highest BCUT2D eigenvalue weighted by atomic mass is 16.5. The Morgan fingerprint density at radius 2 is 2.22 bits per heavy atom. The van der Waals surface area contributed by atoms with Crippen LogP contribution in [0.15, 0.2) is 0 Å².